The molecule has 180 valence electrons. The minimum absolute atomic E-state index is 0.343. The van der Waals surface area contributed by atoms with Crippen molar-refractivity contribution in [2.24, 2.45) is 0 Å². The van der Waals surface area contributed by atoms with Crippen LogP contribution in [-0.4, -0.2) is 47.7 Å². The van der Waals surface area contributed by atoms with Gasteiger partial charge in [0.1, 0.15) is 11.5 Å². The number of halogens is 3. The Morgan fingerprint density at radius 3 is 2.32 bits per heavy atom. The molecular formula is C27H30F3N3O. The number of rotatable bonds is 9. The van der Waals surface area contributed by atoms with Gasteiger partial charge in [-0.1, -0.05) is 59.8 Å². The molecule has 7 heteroatoms. The Morgan fingerprint density at radius 2 is 1.56 bits per heavy atom. The first-order valence-electron chi connectivity index (χ1n) is 11.8. The summed E-state index contributed by atoms with van der Waals surface area (Å²) in [4.78, 5) is 4.50. The minimum Gasteiger partial charge on any atom is -0.361 e. The highest BCUT2D eigenvalue weighted by molar-refractivity contribution is 5.67. The highest BCUT2D eigenvalue weighted by atomic mass is 19.4. The van der Waals surface area contributed by atoms with E-state index in [4.69, 9.17) is 4.52 Å². The van der Waals surface area contributed by atoms with Crippen LogP contribution in [0, 0.1) is 0 Å². The van der Waals surface area contributed by atoms with Crippen LogP contribution in [0.2, 0.25) is 0 Å². The van der Waals surface area contributed by atoms with Gasteiger partial charge in [-0.3, -0.25) is 4.90 Å². The second kappa shape index (κ2) is 11.5. The SMILES string of the molecule is FC(F)(F)c1ccccc1CN1CCN(CCCCc2cc(C=Cc3ccccc3)no2)CC1. The average molecular weight is 470 g/mol. The van der Waals surface area contributed by atoms with Gasteiger partial charge < -0.3 is 9.42 Å². The lowest BCUT2D eigenvalue weighted by Crippen LogP contribution is -2.46. The number of aryl methyl sites for hydroxylation is 1. The van der Waals surface area contributed by atoms with Gasteiger partial charge in [-0.05, 0) is 42.7 Å². The Hall–Kier alpha value is -2.90. The summed E-state index contributed by atoms with van der Waals surface area (Å²) in [6.45, 7) is 4.66. The second-order valence-electron chi connectivity index (χ2n) is 8.69. The van der Waals surface area contributed by atoms with Crippen LogP contribution in [0.4, 0.5) is 13.2 Å². The lowest BCUT2D eigenvalue weighted by atomic mass is 10.1. The topological polar surface area (TPSA) is 32.5 Å². The molecule has 0 saturated carbocycles. The molecule has 0 bridgehead atoms. The summed E-state index contributed by atoms with van der Waals surface area (Å²) in [6, 6.07) is 17.9. The predicted molar refractivity (Wildman–Crippen MR) is 128 cm³/mol. The van der Waals surface area contributed by atoms with Crippen LogP contribution in [0.25, 0.3) is 12.2 Å². The molecule has 34 heavy (non-hydrogen) atoms. The third-order valence-corrected chi connectivity index (χ3v) is 6.15. The Balaban J connectivity index is 1.15. The summed E-state index contributed by atoms with van der Waals surface area (Å²) < 4.78 is 45.1. The standard InChI is InChI=1S/C27H30F3N3O/c28-27(29,30)26-12-5-4-10-23(26)21-33-18-16-32(17-19-33)15-7-6-11-25-20-24(31-34-25)14-13-22-8-2-1-3-9-22/h1-5,8-10,12-14,20H,6-7,11,15-19,21H2. The van der Waals surface area contributed by atoms with Gasteiger partial charge in [-0.2, -0.15) is 13.2 Å². The van der Waals surface area contributed by atoms with E-state index in [2.05, 4.69) is 15.0 Å². The number of benzene rings is 2. The van der Waals surface area contributed by atoms with E-state index in [9.17, 15) is 13.2 Å². The van der Waals surface area contributed by atoms with Gasteiger partial charge in [0.05, 0.1) is 5.56 Å². The third kappa shape index (κ3) is 7.05. The van der Waals surface area contributed by atoms with Crippen molar-refractivity contribution < 1.29 is 17.7 Å². The number of unbranched alkanes of at least 4 members (excludes halogenated alkanes) is 1. The predicted octanol–water partition coefficient (Wildman–Crippen LogP) is 6.00. The number of hydrogen-bond acceptors (Lipinski definition) is 4. The quantitative estimate of drug-likeness (QED) is 0.360. The zero-order valence-electron chi connectivity index (χ0n) is 19.2. The maximum atomic E-state index is 13.2. The molecule has 1 saturated heterocycles. The number of alkyl halides is 3. The lowest BCUT2D eigenvalue weighted by molar-refractivity contribution is -0.138. The van der Waals surface area contributed by atoms with Crippen LogP contribution in [0.1, 0.15) is 41.0 Å². The first-order chi connectivity index (χ1) is 16.5. The fourth-order valence-corrected chi connectivity index (χ4v) is 4.25. The van der Waals surface area contributed by atoms with Crippen molar-refractivity contribution in [2.75, 3.05) is 32.7 Å². The molecule has 1 fully saturated rings. The van der Waals surface area contributed by atoms with Crippen LogP contribution in [0.3, 0.4) is 0 Å². The molecule has 3 aromatic rings. The maximum absolute atomic E-state index is 13.2. The number of piperazine rings is 1. The van der Waals surface area contributed by atoms with Crippen LogP contribution < -0.4 is 0 Å². The number of aromatic nitrogens is 1. The summed E-state index contributed by atoms with van der Waals surface area (Å²) in [5.74, 6) is 0.890. The average Bonchev–Trinajstić information content (AvgIpc) is 3.30. The van der Waals surface area contributed by atoms with E-state index in [-0.39, 0.29) is 0 Å². The van der Waals surface area contributed by atoms with Crippen molar-refractivity contribution >= 4 is 12.2 Å². The molecule has 1 aromatic heterocycles. The van der Waals surface area contributed by atoms with Crippen molar-refractivity contribution in [3.05, 3.63) is 88.8 Å². The lowest BCUT2D eigenvalue weighted by Gasteiger charge is -2.35. The molecule has 1 aliphatic heterocycles. The fourth-order valence-electron chi connectivity index (χ4n) is 4.25. The number of hydrogen-bond donors (Lipinski definition) is 0. The summed E-state index contributed by atoms with van der Waals surface area (Å²) in [5, 5.41) is 4.12. The molecule has 0 amide bonds. The van der Waals surface area contributed by atoms with Gasteiger partial charge in [0.25, 0.3) is 0 Å². The van der Waals surface area contributed by atoms with Crippen molar-refractivity contribution in [1.82, 2.24) is 15.0 Å². The molecule has 0 N–H and O–H groups in total. The van der Waals surface area contributed by atoms with Crippen molar-refractivity contribution in [2.45, 2.75) is 32.0 Å². The Bertz CT molecular complexity index is 1050. The molecule has 0 atom stereocenters. The van der Waals surface area contributed by atoms with E-state index in [0.717, 1.165) is 69.0 Å². The van der Waals surface area contributed by atoms with E-state index in [1.165, 1.54) is 12.1 Å². The van der Waals surface area contributed by atoms with Crippen LogP contribution in [0.15, 0.2) is 65.2 Å². The van der Waals surface area contributed by atoms with E-state index in [1.54, 1.807) is 12.1 Å². The van der Waals surface area contributed by atoms with E-state index in [1.807, 2.05) is 48.6 Å². The summed E-state index contributed by atoms with van der Waals surface area (Å²) in [7, 11) is 0. The maximum Gasteiger partial charge on any atom is 0.416 e. The van der Waals surface area contributed by atoms with Crippen LogP contribution in [-0.2, 0) is 19.1 Å². The van der Waals surface area contributed by atoms with Gasteiger partial charge >= 0.3 is 6.18 Å². The molecule has 1 aliphatic rings. The molecule has 4 rings (SSSR count). The van der Waals surface area contributed by atoms with Crippen molar-refractivity contribution in [1.29, 1.82) is 0 Å². The Labute approximate surface area is 198 Å². The van der Waals surface area contributed by atoms with Crippen molar-refractivity contribution in [3.63, 3.8) is 0 Å². The molecule has 0 unspecified atom stereocenters. The fraction of sp³-hybridized carbons (Fsp3) is 0.370. The molecular weight excluding hydrogens is 439 g/mol. The van der Waals surface area contributed by atoms with Crippen LogP contribution in [0.5, 0.6) is 0 Å². The second-order valence-corrected chi connectivity index (χ2v) is 8.69. The third-order valence-electron chi connectivity index (χ3n) is 6.15. The molecule has 2 heterocycles. The molecule has 0 aliphatic carbocycles. The zero-order valence-corrected chi connectivity index (χ0v) is 19.2. The summed E-state index contributed by atoms with van der Waals surface area (Å²) in [6.07, 6.45) is 2.57. The Kier molecular flexibility index (Phi) is 8.19. The summed E-state index contributed by atoms with van der Waals surface area (Å²) >= 11 is 0. The van der Waals surface area contributed by atoms with Crippen molar-refractivity contribution in [3.8, 4) is 0 Å². The highest BCUT2D eigenvalue weighted by Crippen LogP contribution is 2.32. The normalized spacial score (nSPS) is 15.9. The highest BCUT2D eigenvalue weighted by Gasteiger charge is 2.33. The minimum atomic E-state index is -4.30. The van der Waals surface area contributed by atoms with Gasteiger partial charge in [-0.15, -0.1) is 0 Å². The largest absolute Gasteiger partial charge is 0.416 e. The zero-order chi connectivity index (χ0) is 23.8. The van der Waals surface area contributed by atoms with E-state index >= 15 is 0 Å². The van der Waals surface area contributed by atoms with Gasteiger partial charge in [-0.25, -0.2) is 0 Å². The molecule has 0 radical (unpaired) electrons. The van der Waals surface area contributed by atoms with E-state index in [0.29, 0.717) is 12.1 Å². The molecule has 2 aromatic carbocycles. The van der Waals surface area contributed by atoms with E-state index < -0.39 is 11.7 Å². The van der Waals surface area contributed by atoms with Crippen LogP contribution >= 0.6 is 0 Å². The molecule has 0 spiro atoms. The van der Waals surface area contributed by atoms with Gasteiger partial charge in [0, 0.05) is 45.2 Å². The first kappa shape index (κ1) is 24.2. The molecule has 4 nitrogen and oxygen atoms in total. The Morgan fingerprint density at radius 1 is 0.853 bits per heavy atom. The summed E-state index contributed by atoms with van der Waals surface area (Å²) in [5.41, 5.74) is 1.77. The van der Waals surface area contributed by atoms with Gasteiger partial charge in [0.2, 0.25) is 0 Å². The van der Waals surface area contributed by atoms with Gasteiger partial charge in [0.15, 0.2) is 0 Å². The smallest absolute Gasteiger partial charge is 0.361 e. The number of nitrogens with zero attached hydrogens (tertiary/aromatic N) is 3. The monoisotopic (exact) mass is 469 g/mol. The first-order valence-corrected chi connectivity index (χ1v) is 11.8.